The second kappa shape index (κ2) is 8.96. The summed E-state index contributed by atoms with van der Waals surface area (Å²) < 4.78 is 4.60. The molecule has 0 aromatic carbocycles. The predicted octanol–water partition coefficient (Wildman–Crippen LogP) is 4.41. The standard InChI is InChI=1S/C16H26O2/c1-14(13-15-10-6-4-7-11-15)9-5-3-8-12-16(17)18-2/h5,9,13,15H,3-4,6-8,10-12H2,1-2H3/b9-5+,14-13+. The van der Waals surface area contributed by atoms with Gasteiger partial charge in [0, 0.05) is 6.42 Å². The van der Waals surface area contributed by atoms with Crippen LogP contribution in [0.15, 0.2) is 23.8 Å². The molecule has 1 fully saturated rings. The SMILES string of the molecule is COC(=O)CCC/C=C/C(C)=C/C1CCCCC1. The van der Waals surface area contributed by atoms with E-state index in [0.717, 1.165) is 18.8 Å². The van der Waals surface area contributed by atoms with E-state index in [-0.39, 0.29) is 5.97 Å². The first-order valence-corrected chi connectivity index (χ1v) is 7.14. The smallest absolute Gasteiger partial charge is 0.305 e. The van der Waals surface area contributed by atoms with Crippen LogP contribution in [0.2, 0.25) is 0 Å². The molecular weight excluding hydrogens is 224 g/mol. The van der Waals surface area contributed by atoms with E-state index in [1.807, 2.05) is 0 Å². The highest BCUT2D eigenvalue weighted by molar-refractivity contribution is 5.69. The molecule has 0 N–H and O–H groups in total. The lowest BCUT2D eigenvalue weighted by Gasteiger charge is -2.18. The number of unbranched alkanes of at least 4 members (excludes halogenated alkanes) is 1. The summed E-state index contributed by atoms with van der Waals surface area (Å²) in [7, 11) is 1.44. The maximum atomic E-state index is 10.9. The van der Waals surface area contributed by atoms with Gasteiger partial charge in [0.15, 0.2) is 0 Å². The van der Waals surface area contributed by atoms with E-state index in [9.17, 15) is 4.79 Å². The molecule has 18 heavy (non-hydrogen) atoms. The van der Waals surface area contributed by atoms with Gasteiger partial charge in [0.2, 0.25) is 0 Å². The van der Waals surface area contributed by atoms with E-state index in [4.69, 9.17) is 0 Å². The number of carbonyl (C=O) groups excluding carboxylic acids is 1. The highest BCUT2D eigenvalue weighted by atomic mass is 16.5. The Hall–Kier alpha value is -1.05. The van der Waals surface area contributed by atoms with Crippen molar-refractivity contribution in [2.75, 3.05) is 7.11 Å². The van der Waals surface area contributed by atoms with Crippen LogP contribution in [-0.4, -0.2) is 13.1 Å². The average molecular weight is 250 g/mol. The largest absolute Gasteiger partial charge is 0.469 e. The Kier molecular flexibility index (Phi) is 7.47. The van der Waals surface area contributed by atoms with Gasteiger partial charge in [0.1, 0.15) is 0 Å². The summed E-state index contributed by atoms with van der Waals surface area (Å²) in [6.45, 7) is 2.17. The van der Waals surface area contributed by atoms with E-state index in [0.29, 0.717) is 6.42 Å². The van der Waals surface area contributed by atoms with E-state index in [1.165, 1.54) is 44.8 Å². The molecule has 0 aliphatic heterocycles. The van der Waals surface area contributed by atoms with Gasteiger partial charge in [-0.3, -0.25) is 4.79 Å². The van der Waals surface area contributed by atoms with Gasteiger partial charge in [-0.05, 0) is 38.5 Å². The summed E-state index contributed by atoms with van der Waals surface area (Å²) in [4.78, 5) is 10.9. The van der Waals surface area contributed by atoms with Crippen LogP contribution in [0.25, 0.3) is 0 Å². The molecule has 0 bridgehead atoms. The first-order valence-electron chi connectivity index (χ1n) is 7.14. The molecule has 2 heteroatoms. The summed E-state index contributed by atoms with van der Waals surface area (Å²) in [5.41, 5.74) is 1.36. The van der Waals surface area contributed by atoms with Crippen molar-refractivity contribution in [2.45, 2.75) is 58.3 Å². The zero-order chi connectivity index (χ0) is 13.2. The minimum absolute atomic E-state index is 0.113. The molecule has 0 radical (unpaired) electrons. The lowest BCUT2D eigenvalue weighted by atomic mass is 9.88. The van der Waals surface area contributed by atoms with E-state index < -0.39 is 0 Å². The summed E-state index contributed by atoms with van der Waals surface area (Å²) in [6.07, 6.45) is 16.0. The third-order valence-electron chi connectivity index (χ3n) is 3.51. The van der Waals surface area contributed by atoms with Crippen molar-refractivity contribution in [2.24, 2.45) is 5.92 Å². The van der Waals surface area contributed by atoms with Crippen molar-refractivity contribution in [1.29, 1.82) is 0 Å². The predicted molar refractivity (Wildman–Crippen MR) is 75.3 cm³/mol. The maximum Gasteiger partial charge on any atom is 0.305 e. The Morgan fingerprint density at radius 2 is 2.00 bits per heavy atom. The number of carbonyl (C=O) groups is 1. The molecule has 0 unspecified atom stereocenters. The van der Waals surface area contributed by atoms with Gasteiger partial charge in [-0.2, -0.15) is 0 Å². The fourth-order valence-corrected chi connectivity index (χ4v) is 2.46. The Morgan fingerprint density at radius 1 is 1.28 bits per heavy atom. The molecular formula is C16H26O2. The second-order valence-corrected chi connectivity index (χ2v) is 5.18. The summed E-state index contributed by atoms with van der Waals surface area (Å²) in [5.74, 6) is 0.677. The summed E-state index contributed by atoms with van der Waals surface area (Å²) in [5, 5.41) is 0. The molecule has 0 spiro atoms. The molecule has 2 nitrogen and oxygen atoms in total. The van der Waals surface area contributed by atoms with Crippen molar-refractivity contribution < 1.29 is 9.53 Å². The van der Waals surface area contributed by atoms with Gasteiger partial charge in [-0.15, -0.1) is 0 Å². The minimum Gasteiger partial charge on any atom is -0.469 e. The Balaban J connectivity index is 2.19. The first-order chi connectivity index (χ1) is 8.72. The molecule has 0 amide bonds. The third kappa shape index (κ3) is 6.63. The zero-order valence-electron chi connectivity index (χ0n) is 11.8. The van der Waals surface area contributed by atoms with Gasteiger partial charge < -0.3 is 4.74 Å². The molecule has 1 saturated carbocycles. The number of rotatable bonds is 6. The van der Waals surface area contributed by atoms with Crippen LogP contribution < -0.4 is 0 Å². The molecule has 0 heterocycles. The van der Waals surface area contributed by atoms with Crippen molar-refractivity contribution in [3.8, 4) is 0 Å². The van der Waals surface area contributed by atoms with Gasteiger partial charge >= 0.3 is 5.97 Å². The minimum atomic E-state index is -0.113. The van der Waals surface area contributed by atoms with E-state index in [1.54, 1.807) is 0 Å². The zero-order valence-corrected chi connectivity index (χ0v) is 11.8. The first kappa shape index (κ1) is 15.0. The van der Waals surface area contributed by atoms with Crippen LogP contribution in [0.3, 0.4) is 0 Å². The third-order valence-corrected chi connectivity index (χ3v) is 3.51. The Bertz CT molecular complexity index is 296. The summed E-state index contributed by atoms with van der Waals surface area (Å²) in [6, 6.07) is 0. The van der Waals surface area contributed by atoms with Crippen molar-refractivity contribution in [3.05, 3.63) is 23.8 Å². The fourth-order valence-electron chi connectivity index (χ4n) is 2.46. The fraction of sp³-hybridized carbons (Fsp3) is 0.688. The molecule has 0 aromatic heterocycles. The topological polar surface area (TPSA) is 26.3 Å². The monoisotopic (exact) mass is 250 g/mol. The number of hydrogen-bond acceptors (Lipinski definition) is 2. The molecule has 1 rings (SSSR count). The van der Waals surface area contributed by atoms with Crippen LogP contribution >= 0.6 is 0 Å². The highest BCUT2D eigenvalue weighted by Gasteiger charge is 2.10. The molecule has 0 atom stereocenters. The maximum absolute atomic E-state index is 10.9. The second-order valence-electron chi connectivity index (χ2n) is 5.18. The highest BCUT2D eigenvalue weighted by Crippen LogP contribution is 2.25. The average Bonchev–Trinajstić information content (AvgIpc) is 2.39. The van der Waals surface area contributed by atoms with E-state index in [2.05, 4.69) is 29.9 Å². The number of esters is 1. The number of methoxy groups -OCH3 is 1. The Morgan fingerprint density at radius 3 is 2.67 bits per heavy atom. The lowest BCUT2D eigenvalue weighted by molar-refractivity contribution is -0.140. The van der Waals surface area contributed by atoms with Crippen LogP contribution in [0.4, 0.5) is 0 Å². The number of allylic oxidation sites excluding steroid dienone is 4. The van der Waals surface area contributed by atoms with E-state index >= 15 is 0 Å². The lowest BCUT2D eigenvalue weighted by Crippen LogP contribution is -2.03. The van der Waals surface area contributed by atoms with Gasteiger partial charge in [0.25, 0.3) is 0 Å². The van der Waals surface area contributed by atoms with Gasteiger partial charge in [0.05, 0.1) is 7.11 Å². The normalized spacial score (nSPS) is 18.2. The number of hydrogen-bond donors (Lipinski definition) is 0. The van der Waals surface area contributed by atoms with Crippen LogP contribution in [0.5, 0.6) is 0 Å². The van der Waals surface area contributed by atoms with Crippen LogP contribution in [-0.2, 0) is 9.53 Å². The Labute approximate surface area is 111 Å². The molecule has 1 aliphatic rings. The van der Waals surface area contributed by atoms with Gasteiger partial charge in [-0.1, -0.05) is 43.1 Å². The van der Waals surface area contributed by atoms with Gasteiger partial charge in [-0.25, -0.2) is 0 Å². The molecule has 0 aromatic rings. The molecule has 0 saturated heterocycles. The van der Waals surface area contributed by atoms with Crippen molar-refractivity contribution in [3.63, 3.8) is 0 Å². The van der Waals surface area contributed by atoms with Crippen molar-refractivity contribution >= 4 is 5.97 Å². The van der Waals surface area contributed by atoms with Crippen molar-refractivity contribution in [1.82, 2.24) is 0 Å². The molecule has 1 aliphatic carbocycles. The quantitative estimate of drug-likeness (QED) is 0.396. The van der Waals surface area contributed by atoms with Crippen LogP contribution in [0, 0.1) is 5.92 Å². The summed E-state index contributed by atoms with van der Waals surface area (Å²) >= 11 is 0. The molecule has 102 valence electrons. The number of ether oxygens (including phenoxy) is 1. The van der Waals surface area contributed by atoms with Crippen LogP contribution in [0.1, 0.15) is 58.3 Å².